The summed E-state index contributed by atoms with van der Waals surface area (Å²) in [7, 11) is 0. The molecule has 2 aromatic heterocycles. The topological polar surface area (TPSA) is 65.1 Å². The fourth-order valence-electron chi connectivity index (χ4n) is 4.05. The minimum absolute atomic E-state index is 0.0673. The van der Waals surface area contributed by atoms with Gasteiger partial charge in [0.2, 0.25) is 0 Å². The van der Waals surface area contributed by atoms with E-state index >= 15 is 0 Å². The highest BCUT2D eigenvalue weighted by Crippen LogP contribution is 2.49. The minimum atomic E-state index is -2.77. The summed E-state index contributed by atoms with van der Waals surface area (Å²) < 4.78 is 29.7. The SMILES string of the molecule is Cc1nc(CN2CCC3(C2)CN(C(=O)c2ccn[nH]2)CCC3(F)F)cs1. The zero-order valence-corrected chi connectivity index (χ0v) is 15.4. The first kappa shape index (κ1) is 17.5. The molecule has 0 aliphatic carbocycles. The van der Waals surface area contributed by atoms with Crippen molar-refractivity contribution < 1.29 is 13.6 Å². The van der Waals surface area contributed by atoms with E-state index in [0.717, 1.165) is 10.7 Å². The van der Waals surface area contributed by atoms with E-state index in [1.165, 1.54) is 6.20 Å². The molecule has 1 unspecified atom stereocenters. The third-order valence-electron chi connectivity index (χ3n) is 5.47. The molecule has 1 amide bonds. The average molecular weight is 381 g/mol. The lowest BCUT2D eigenvalue weighted by Gasteiger charge is -2.45. The van der Waals surface area contributed by atoms with Gasteiger partial charge in [-0.3, -0.25) is 14.8 Å². The highest BCUT2D eigenvalue weighted by molar-refractivity contribution is 7.09. The Labute approximate surface area is 154 Å². The summed E-state index contributed by atoms with van der Waals surface area (Å²) in [4.78, 5) is 20.6. The molecule has 140 valence electrons. The predicted molar refractivity (Wildman–Crippen MR) is 93.2 cm³/mol. The summed E-state index contributed by atoms with van der Waals surface area (Å²) >= 11 is 1.57. The van der Waals surface area contributed by atoms with Crippen molar-refractivity contribution in [3.05, 3.63) is 34.0 Å². The Morgan fingerprint density at radius 2 is 2.19 bits per heavy atom. The molecule has 0 saturated carbocycles. The van der Waals surface area contributed by atoms with Crippen LogP contribution >= 0.6 is 11.3 Å². The van der Waals surface area contributed by atoms with Gasteiger partial charge >= 0.3 is 0 Å². The van der Waals surface area contributed by atoms with Crippen molar-refractivity contribution in [2.75, 3.05) is 26.2 Å². The van der Waals surface area contributed by atoms with Crippen LogP contribution in [-0.4, -0.2) is 63.0 Å². The number of nitrogens with zero attached hydrogens (tertiary/aromatic N) is 4. The fraction of sp³-hybridized carbons (Fsp3) is 0.588. The zero-order chi connectivity index (χ0) is 18.4. The lowest BCUT2D eigenvalue weighted by Crippen LogP contribution is -2.58. The molecule has 26 heavy (non-hydrogen) atoms. The van der Waals surface area contributed by atoms with Crippen molar-refractivity contribution in [2.24, 2.45) is 5.41 Å². The van der Waals surface area contributed by atoms with Gasteiger partial charge in [0, 0.05) is 44.2 Å². The van der Waals surface area contributed by atoms with E-state index in [-0.39, 0.29) is 32.0 Å². The van der Waals surface area contributed by atoms with Crippen LogP contribution in [0.15, 0.2) is 17.6 Å². The molecule has 1 atom stereocenters. The van der Waals surface area contributed by atoms with Crippen molar-refractivity contribution in [2.45, 2.75) is 32.2 Å². The second-order valence-corrected chi connectivity index (χ2v) is 8.31. The number of halogens is 2. The standard InChI is InChI=1S/C17H21F2N5OS/c1-12-21-13(9-26-12)8-23-6-3-16(10-23)11-24(7-4-17(16,18)19)15(25)14-2-5-20-22-14/h2,5,9H,3-4,6-8,10-11H2,1H3,(H,20,22). The number of nitrogens with one attached hydrogen (secondary N) is 1. The van der Waals surface area contributed by atoms with Gasteiger partial charge in [-0.1, -0.05) is 0 Å². The Kier molecular flexibility index (Phi) is 4.31. The summed E-state index contributed by atoms with van der Waals surface area (Å²) in [6.45, 7) is 3.54. The van der Waals surface area contributed by atoms with E-state index in [4.69, 9.17) is 0 Å². The minimum Gasteiger partial charge on any atom is -0.336 e. The van der Waals surface area contributed by atoms with Crippen LogP contribution in [0.4, 0.5) is 8.78 Å². The van der Waals surface area contributed by atoms with Crippen LogP contribution in [0, 0.1) is 12.3 Å². The number of H-pyrrole nitrogens is 1. The molecule has 2 aliphatic heterocycles. The summed E-state index contributed by atoms with van der Waals surface area (Å²) in [6.07, 6.45) is 1.58. The molecule has 4 heterocycles. The zero-order valence-electron chi connectivity index (χ0n) is 14.5. The molecule has 2 fully saturated rings. The van der Waals surface area contributed by atoms with E-state index in [1.807, 2.05) is 17.2 Å². The van der Waals surface area contributed by atoms with Gasteiger partial charge in [0.1, 0.15) is 5.69 Å². The van der Waals surface area contributed by atoms with E-state index in [1.54, 1.807) is 22.3 Å². The maximum atomic E-state index is 14.9. The Morgan fingerprint density at radius 3 is 2.88 bits per heavy atom. The molecular formula is C17H21F2N5OS. The van der Waals surface area contributed by atoms with Gasteiger partial charge in [-0.25, -0.2) is 13.8 Å². The molecule has 0 radical (unpaired) electrons. The third kappa shape index (κ3) is 3.03. The molecule has 6 nitrogen and oxygen atoms in total. The predicted octanol–water partition coefficient (Wildman–Crippen LogP) is 2.55. The molecule has 2 aromatic rings. The number of carbonyl (C=O) groups is 1. The molecule has 1 N–H and O–H groups in total. The van der Waals surface area contributed by atoms with Gasteiger partial charge in [0.15, 0.2) is 0 Å². The number of hydrogen-bond acceptors (Lipinski definition) is 5. The Bertz CT molecular complexity index is 793. The summed E-state index contributed by atoms with van der Waals surface area (Å²) in [5, 5.41) is 9.37. The van der Waals surface area contributed by atoms with Gasteiger partial charge in [0.05, 0.1) is 16.1 Å². The maximum absolute atomic E-state index is 14.9. The van der Waals surface area contributed by atoms with Crippen LogP contribution in [0.3, 0.4) is 0 Å². The van der Waals surface area contributed by atoms with Crippen LogP contribution in [0.25, 0.3) is 0 Å². The molecule has 0 aromatic carbocycles. The van der Waals surface area contributed by atoms with E-state index < -0.39 is 11.3 Å². The number of carbonyl (C=O) groups excluding carboxylic acids is 1. The van der Waals surface area contributed by atoms with Crippen molar-refractivity contribution in [3.8, 4) is 0 Å². The lowest BCUT2D eigenvalue weighted by molar-refractivity contribution is -0.155. The monoisotopic (exact) mass is 381 g/mol. The number of amides is 1. The number of hydrogen-bond donors (Lipinski definition) is 1. The largest absolute Gasteiger partial charge is 0.336 e. The molecule has 1 spiro atoms. The average Bonchev–Trinajstić information content (AvgIpc) is 3.33. The third-order valence-corrected chi connectivity index (χ3v) is 6.29. The first-order valence-corrected chi connectivity index (χ1v) is 9.56. The molecule has 0 bridgehead atoms. The van der Waals surface area contributed by atoms with Crippen LogP contribution in [0.1, 0.15) is 34.0 Å². The number of alkyl halides is 2. The van der Waals surface area contributed by atoms with Crippen LogP contribution in [-0.2, 0) is 6.54 Å². The highest BCUT2D eigenvalue weighted by atomic mass is 32.1. The highest BCUT2D eigenvalue weighted by Gasteiger charge is 2.59. The van der Waals surface area contributed by atoms with Crippen LogP contribution in [0.5, 0.6) is 0 Å². The Balaban J connectivity index is 1.50. The van der Waals surface area contributed by atoms with Gasteiger partial charge < -0.3 is 4.90 Å². The second kappa shape index (κ2) is 6.38. The summed E-state index contributed by atoms with van der Waals surface area (Å²) in [6, 6.07) is 1.58. The van der Waals surface area contributed by atoms with E-state index in [2.05, 4.69) is 15.2 Å². The quantitative estimate of drug-likeness (QED) is 0.888. The van der Waals surface area contributed by atoms with Crippen molar-refractivity contribution >= 4 is 17.2 Å². The van der Waals surface area contributed by atoms with Gasteiger partial charge in [-0.15, -0.1) is 11.3 Å². The Hall–Kier alpha value is -1.87. The maximum Gasteiger partial charge on any atom is 0.271 e. The van der Waals surface area contributed by atoms with Gasteiger partial charge in [-0.05, 0) is 26.0 Å². The van der Waals surface area contributed by atoms with Crippen molar-refractivity contribution in [3.63, 3.8) is 0 Å². The first-order chi connectivity index (χ1) is 12.4. The second-order valence-electron chi connectivity index (χ2n) is 7.25. The van der Waals surface area contributed by atoms with Gasteiger partial charge in [0.25, 0.3) is 11.8 Å². The van der Waals surface area contributed by atoms with E-state index in [0.29, 0.717) is 25.2 Å². The lowest BCUT2D eigenvalue weighted by atomic mass is 9.75. The Morgan fingerprint density at radius 1 is 1.35 bits per heavy atom. The number of rotatable bonds is 3. The number of aromatic amines is 1. The molecule has 4 rings (SSSR count). The number of piperidine rings is 1. The van der Waals surface area contributed by atoms with Crippen LogP contribution < -0.4 is 0 Å². The fourth-order valence-corrected chi connectivity index (χ4v) is 4.65. The molecule has 9 heteroatoms. The summed E-state index contributed by atoms with van der Waals surface area (Å²) in [5.41, 5.74) is 0.0821. The molecule has 2 saturated heterocycles. The number of thiazole rings is 1. The molecular weight excluding hydrogens is 360 g/mol. The van der Waals surface area contributed by atoms with Gasteiger partial charge in [-0.2, -0.15) is 5.10 Å². The number of aromatic nitrogens is 3. The van der Waals surface area contributed by atoms with E-state index in [9.17, 15) is 13.6 Å². The van der Waals surface area contributed by atoms with Crippen molar-refractivity contribution in [1.29, 1.82) is 0 Å². The molecule has 2 aliphatic rings. The summed E-state index contributed by atoms with van der Waals surface area (Å²) in [5.74, 6) is -3.03. The number of likely N-dealkylation sites (tertiary alicyclic amines) is 2. The number of aryl methyl sites for hydroxylation is 1. The smallest absolute Gasteiger partial charge is 0.271 e. The first-order valence-electron chi connectivity index (χ1n) is 8.68. The normalized spacial score (nSPS) is 25.9. The van der Waals surface area contributed by atoms with Crippen LogP contribution in [0.2, 0.25) is 0 Å². The van der Waals surface area contributed by atoms with Crippen molar-refractivity contribution in [1.82, 2.24) is 25.0 Å².